The number of hydrogen-bond acceptors (Lipinski definition) is 4. The van der Waals surface area contributed by atoms with E-state index in [9.17, 15) is 19.2 Å². The highest BCUT2D eigenvalue weighted by Crippen LogP contribution is 2.09. The molecule has 30 heavy (non-hydrogen) atoms. The molecule has 0 atom stereocenters. The van der Waals surface area contributed by atoms with Gasteiger partial charge in [0.1, 0.15) is 6.54 Å². The second-order valence-electron chi connectivity index (χ2n) is 7.10. The predicted octanol–water partition coefficient (Wildman–Crippen LogP) is 1.54. The first-order valence-electron chi connectivity index (χ1n) is 9.48. The van der Waals surface area contributed by atoms with Crippen molar-refractivity contribution in [2.45, 2.75) is 33.0 Å². The Morgan fingerprint density at radius 3 is 2.33 bits per heavy atom. The molecule has 0 radical (unpaired) electrons. The van der Waals surface area contributed by atoms with Crippen LogP contribution in [0.3, 0.4) is 0 Å². The number of fused-ring (bicyclic) bond motifs is 1. The van der Waals surface area contributed by atoms with Gasteiger partial charge < -0.3 is 16.0 Å². The summed E-state index contributed by atoms with van der Waals surface area (Å²) in [5.41, 5.74) is 0.582. The zero-order valence-electron chi connectivity index (χ0n) is 16.7. The van der Waals surface area contributed by atoms with E-state index in [1.807, 2.05) is 13.8 Å². The first kappa shape index (κ1) is 20.8. The van der Waals surface area contributed by atoms with Gasteiger partial charge in [0.2, 0.25) is 5.91 Å². The minimum absolute atomic E-state index is 0.0320. The second-order valence-corrected chi connectivity index (χ2v) is 7.10. The summed E-state index contributed by atoms with van der Waals surface area (Å²) >= 11 is 0. The number of anilines is 1. The molecule has 0 aliphatic rings. The summed E-state index contributed by atoms with van der Waals surface area (Å²) in [6.45, 7) is 3.68. The summed E-state index contributed by atoms with van der Waals surface area (Å²) in [4.78, 5) is 48.5. The van der Waals surface area contributed by atoms with E-state index in [4.69, 9.17) is 0 Å². The summed E-state index contributed by atoms with van der Waals surface area (Å²) in [6.07, 6.45) is 0. The number of nitrogens with one attached hydrogen (secondary N) is 4. The average Bonchev–Trinajstić information content (AvgIpc) is 2.71. The van der Waals surface area contributed by atoms with Crippen LogP contribution < -0.4 is 27.1 Å². The Kier molecular flexibility index (Phi) is 6.31. The molecule has 9 nitrogen and oxygen atoms in total. The van der Waals surface area contributed by atoms with Crippen molar-refractivity contribution in [3.63, 3.8) is 0 Å². The van der Waals surface area contributed by atoms with Crippen LogP contribution in [0.1, 0.15) is 19.4 Å². The topological polar surface area (TPSA) is 125 Å². The molecule has 2 aromatic carbocycles. The molecule has 0 bridgehead atoms. The quantitative estimate of drug-likeness (QED) is 0.493. The molecule has 156 valence electrons. The van der Waals surface area contributed by atoms with E-state index in [1.54, 1.807) is 48.5 Å². The van der Waals surface area contributed by atoms with Crippen molar-refractivity contribution in [1.29, 1.82) is 0 Å². The molecule has 0 unspecified atom stereocenters. The van der Waals surface area contributed by atoms with Gasteiger partial charge in [-0.15, -0.1) is 0 Å². The third-order valence-corrected chi connectivity index (χ3v) is 4.31. The van der Waals surface area contributed by atoms with Gasteiger partial charge in [-0.05, 0) is 43.7 Å². The van der Waals surface area contributed by atoms with Crippen LogP contribution in [0.5, 0.6) is 0 Å². The lowest BCUT2D eigenvalue weighted by Gasteiger charge is -2.11. The number of urea groups is 1. The van der Waals surface area contributed by atoms with E-state index >= 15 is 0 Å². The molecule has 0 spiro atoms. The Morgan fingerprint density at radius 1 is 1.00 bits per heavy atom. The minimum atomic E-state index is -0.435. The highest BCUT2D eigenvalue weighted by atomic mass is 16.2. The van der Waals surface area contributed by atoms with E-state index in [1.165, 1.54) is 0 Å². The van der Waals surface area contributed by atoms with Crippen LogP contribution >= 0.6 is 0 Å². The molecule has 1 aromatic heterocycles. The van der Waals surface area contributed by atoms with Crippen LogP contribution in [-0.4, -0.2) is 27.8 Å². The number of carbonyl (C=O) groups excluding carboxylic acids is 2. The number of H-pyrrole nitrogens is 1. The Hall–Kier alpha value is -3.88. The maximum Gasteiger partial charge on any atom is 0.319 e. The third-order valence-electron chi connectivity index (χ3n) is 4.31. The molecule has 0 aliphatic carbocycles. The summed E-state index contributed by atoms with van der Waals surface area (Å²) in [7, 11) is 0. The van der Waals surface area contributed by atoms with Crippen LogP contribution in [0.2, 0.25) is 0 Å². The van der Waals surface area contributed by atoms with Crippen LogP contribution in [0.25, 0.3) is 10.8 Å². The number of hydrogen-bond donors (Lipinski definition) is 4. The van der Waals surface area contributed by atoms with Gasteiger partial charge in [0.15, 0.2) is 0 Å². The molecule has 0 saturated carbocycles. The fraction of sp³-hybridized carbons (Fsp3) is 0.238. The van der Waals surface area contributed by atoms with Crippen molar-refractivity contribution in [3.8, 4) is 0 Å². The number of rotatable bonds is 6. The molecule has 1 heterocycles. The number of nitrogens with zero attached hydrogens (tertiary/aromatic N) is 1. The van der Waals surface area contributed by atoms with E-state index < -0.39 is 17.0 Å². The third kappa shape index (κ3) is 5.13. The first-order chi connectivity index (χ1) is 14.3. The van der Waals surface area contributed by atoms with Crippen LogP contribution in [0, 0.1) is 0 Å². The van der Waals surface area contributed by atoms with Crippen LogP contribution in [0.4, 0.5) is 10.5 Å². The molecule has 0 aliphatic heterocycles. The molecular weight excluding hydrogens is 386 g/mol. The SMILES string of the molecule is CC(C)NC(=O)Nc1ccc(CNC(=O)Cn2[nH]c(=O)c3ccccc3c2=O)cc1. The second kappa shape index (κ2) is 9.08. The van der Waals surface area contributed by atoms with Crippen molar-refractivity contribution >= 4 is 28.4 Å². The number of carbonyl (C=O) groups is 2. The fourth-order valence-electron chi connectivity index (χ4n) is 2.89. The van der Waals surface area contributed by atoms with E-state index in [0.29, 0.717) is 5.69 Å². The lowest BCUT2D eigenvalue weighted by molar-refractivity contribution is -0.122. The first-order valence-corrected chi connectivity index (χ1v) is 9.48. The van der Waals surface area contributed by atoms with Crippen molar-refractivity contribution in [2.24, 2.45) is 0 Å². The summed E-state index contributed by atoms with van der Waals surface area (Å²) in [6, 6.07) is 13.2. The van der Waals surface area contributed by atoms with E-state index in [-0.39, 0.29) is 35.9 Å². The van der Waals surface area contributed by atoms with Gasteiger partial charge in [-0.2, -0.15) is 0 Å². The van der Waals surface area contributed by atoms with E-state index in [0.717, 1.165) is 10.2 Å². The number of amides is 3. The van der Waals surface area contributed by atoms with Gasteiger partial charge in [-0.1, -0.05) is 24.3 Å². The van der Waals surface area contributed by atoms with E-state index in [2.05, 4.69) is 21.0 Å². The Bertz CT molecular complexity index is 1180. The van der Waals surface area contributed by atoms with Gasteiger partial charge in [0.05, 0.1) is 10.8 Å². The average molecular weight is 409 g/mol. The number of aromatic nitrogens is 2. The van der Waals surface area contributed by atoms with Crippen LogP contribution in [-0.2, 0) is 17.9 Å². The molecule has 3 amide bonds. The molecular formula is C21H23N5O4. The summed E-state index contributed by atoms with van der Waals surface area (Å²) in [5, 5.41) is 11.1. The molecule has 9 heteroatoms. The molecule has 3 aromatic rings. The molecule has 3 rings (SSSR count). The number of benzene rings is 2. The summed E-state index contributed by atoms with van der Waals surface area (Å²) in [5.74, 6) is -0.415. The monoisotopic (exact) mass is 409 g/mol. The van der Waals surface area contributed by atoms with Gasteiger partial charge in [0.25, 0.3) is 11.1 Å². The standard InChI is InChI=1S/C21H23N5O4/c1-13(2)23-21(30)24-15-9-7-14(8-10-15)11-22-18(27)12-26-20(29)17-6-4-3-5-16(17)19(28)25-26/h3-10,13H,11-12H2,1-2H3,(H,22,27)(H,25,28)(H2,23,24,30). The molecule has 0 fully saturated rings. The fourth-order valence-corrected chi connectivity index (χ4v) is 2.89. The van der Waals surface area contributed by atoms with Gasteiger partial charge in [0, 0.05) is 18.3 Å². The van der Waals surface area contributed by atoms with Crippen molar-refractivity contribution in [1.82, 2.24) is 20.4 Å². The van der Waals surface area contributed by atoms with Crippen molar-refractivity contribution < 1.29 is 9.59 Å². The van der Waals surface area contributed by atoms with Crippen molar-refractivity contribution in [2.75, 3.05) is 5.32 Å². The largest absolute Gasteiger partial charge is 0.350 e. The predicted molar refractivity (Wildman–Crippen MR) is 114 cm³/mol. The zero-order valence-corrected chi connectivity index (χ0v) is 16.7. The highest BCUT2D eigenvalue weighted by molar-refractivity contribution is 5.89. The van der Waals surface area contributed by atoms with Crippen LogP contribution in [0.15, 0.2) is 58.1 Å². The van der Waals surface area contributed by atoms with Gasteiger partial charge >= 0.3 is 6.03 Å². The lowest BCUT2D eigenvalue weighted by Crippen LogP contribution is -2.36. The lowest BCUT2D eigenvalue weighted by atomic mass is 10.2. The maximum atomic E-state index is 12.5. The normalized spacial score (nSPS) is 10.8. The minimum Gasteiger partial charge on any atom is -0.350 e. The zero-order chi connectivity index (χ0) is 21.7. The van der Waals surface area contributed by atoms with Gasteiger partial charge in [-0.25, -0.2) is 9.48 Å². The number of aromatic amines is 1. The Morgan fingerprint density at radius 2 is 1.67 bits per heavy atom. The Labute approximate surface area is 172 Å². The maximum absolute atomic E-state index is 12.5. The Balaban J connectivity index is 1.59. The van der Waals surface area contributed by atoms with Gasteiger partial charge in [-0.3, -0.25) is 19.5 Å². The smallest absolute Gasteiger partial charge is 0.319 e. The highest BCUT2D eigenvalue weighted by Gasteiger charge is 2.10. The molecule has 4 N–H and O–H groups in total. The molecule has 0 saturated heterocycles. The summed E-state index contributed by atoms with van der Waals surface area (Å²) < 4.78 is 1.00. The van der Waals surface area contributed by atoms with Crippen molar-refractivity contribution in [3.05, 3.63) is 74.8 Å².